The Balaban J connectivity index is 2.38. The van der Waals surface area contributed by atoms with Crippen molar-refractivity contribution in [3.8, 4) is 6.07 Å². The number of anilines is 1. The molecule has 1 heterocycles. The third-order valence-corrected chi connectivity index (χ3v) is 4.10. The summed E-state index contributed by atoms with van der Waals surface area (Å²) < 4.78 is 13.6. The van der Waals surface area contributed by atoms with Crippen molar-refractivity contribution in [1.82, 2.24) is 0 Å². The molecule has 0 radical (unpaired) electrons. The molecule has 1 saturated heterocycles. The fourth-order valence-corrected chi connectivity index (χ4v) is 3.15. The van der Waals surface area contributed by atoms with Gasteiger partial charge in [0.1, 0.15) is 17.4 Å². The second-order valence-corrected chi connectivity index (χ2v) is 5.41. The van der Waals surface area contributed by atoms with E-state index in [4.69, 9.17) is 5.26 Å². The van der Waals surface area contributed by atoms with Gasteiger partial charge >= 0.3 is 0 Å². The lowest BCUT2D eigenvalue weighted by Crippen LogP contribution is -2.34. The van der Waals surface area contributed by atoms with Gasteiger partial charge in [-0.25, -0.2) is 4.39 Å². The monoisotopic (exact) mass is 250 g/mol. The van der Waals surface area contributed by atoms with Crippen LogP contribution in [0, 0.1) is 17.1 Å². The molecule has 0 N–H and O–H groups in total. The van der Waals surface area contributed by atoms with E-state index in [1.807, 2.05) is 23.9 Å². The second-order valence-electron chi connectivity index (χ2n) is 4.19. The zero-order valence-electron chi connectivity index (χ0n) is 9.82. The van der Waals surface area contributed by atoms with Crippen molar-refractivity contribution < 1.29 is 4.39 Å². The van der Waals surface area contributed by atoms with Gasteiger partial charge in [-0.1, -0.05) is 6.07 Å². The number of hydrogen-bond acceptors (Lipinski definition) is 3. The van der Waals surface area contributed by atoms with Crippen LogP contribution in [0.3, 0.4) is 0 Å². The van der Waals surface area contributed by atoms with Crippen LogP contribution in [0.5, 0.6) is 0 Å². The molecule has 1 fully saturated rings. The highest BCUT2D eigenvalue weighted by atomic mass is 32.2. The van der Waals surface area contributed by atoms with Crippen LogP contribution in [0.25, 0.3) is 0 Å². The van der Waals surface area contributed by atoms with E-state index in [0.717, 1.165) is 30.2 Å². The van der Waals surface area contributed by atoms with Crippen LogP contribution in [-0.4, -0.2) is 24.1 Å². The van der Waals surface area contributed by atoms with Gasteiger partial charge in [-0.3, -0.25) is 0 Å². The van der Waals surface area contributed by atoms with E-state index in [1.54, 1.807) is 6.07 Å². The first-order valence-corrected chi connectivity index (χ1v) is 6.92. The predicted molar refractivity (Wildman–Crippen MR) is 69.9 cm³/mol. The van der Waals surface area contributed by atoms with Gasteiger partial charge < -0.3 is 4.90 Å². The van der Waals surface area contributed by atoms with Gasteiger partial charge in [0.25, 0.3) is 0 Å². The standard InChI is InChI=1S/C13H15FN2S/c1-10-5-7-17-8-6-16(10)13-4-2-3-12(14)11(13)9-15/h2-4,10H,5-8H2,1H3. The molecule has 90 valence electrons. The van der Waals surface area contributed by atoms with E-state index in [0.29, 0.717) is 6.04 Å². The molecule has 17 heavy (non-hydrogen) atoms. The molecule has 1 aromatic carbocycles. The van der Waals surface area contributed by atoms with Crippen LogP contribution in [-0.2, 0) is 0 Å². The van der Waals surface area contributed by atoms with Crippen molar-refractivity contribution in [3.63, 3.8) is 0 Å². The minimum atomic E-state index is -0.422. The first-order valence-electron chi connectivity index (χ1n) is 5.77. The molecule has 1 aliphatic rings. The minimum Gasteiger partial charge on any atom is -0.367 e. The first-order chi connectivity index (χ1) is 8.24. The number of thioether (sulfide) groups is 1. The van der Waals surface area contributed by atoms with Gasteiger partial charge in [-0.15, -0.1) is 0 Å². The lowest BCUT2D eigenvalue weighted by atomic mass is 10.1. The van der Waals surface area contributed by atoms with Crippen LogP contribution in [0.15, 0.2) is 18.2 Å². The van der Waals surface area contributed by atoms with E-state index >= 15 is 0 Å². The smallest absolute Gasteiger partial charge is 0.143 e. The van der Waals surface area contributed by atoms with Gasteiger partial charge in [-0.05, 0) is 31.2 Å². The molecule has 4 heteroatoms. The van der Waals surface area contributed by atoms with Gasteiger partial charge in [0, 0.05) is 18.3 Å². The topological polar surface area (TPSA) is 27.0 Å². The predicted octanol–water partition coefficient (Wildman–Crippen LogP) is 3.03. The molecule has 1 unspecified atom stereocenters. The number of benzene rings is 1. The third kappa shape index (κ3) is 2.55. The molecule has 1 atom stereocenters. The summed E-state index contributed by atoms with van der Waals surface area (Å²) in [5.41, 5.74) is 0.911. The number of rotatable bonds is 1. The first kappa shape index (κ1) is 12.3. The molecular weight excluding hydrogens is 235 g/mol. The summed E-state index contributed by atoms with van der Waals surface area (Å²) >= 11 is 1.92. The maximum absolute atomic E-state index is 13.6. The average Bonchev–Trinajstić information content (AvgIpc) is 2.53. The molecule has 0 saturated carbocycles. The maximum Gasteiger partial charge on any atom is 0.143 e. The van der Waals surface area contributed by atoms with Gasteiger partial charge in [0.05, 0.1) is 5.69 Å². The Morgan fingerprint density at radius 2 is 2.29 bits per heavy atom. The fraction of sp³-hybridized carbons (Fsp3) is 0.462. The van der Waals surface area contributed by atoms with E-state index in [9.17, 15) is 4.39 Å². The zero-order valence-corrected chi connectivity index (χ0v) is 10.6. The van der Waals surface area contributed by atoms with E-state index < -0.39 is 5.82 Å². The molecule has 1 aromatic rings. The molecule has 0 aromatic heterocycles. The van der Waals surface area contributed by atoms with Gasteiger partial charge in [0.2, 0.25) is 0 Å². The van der Waals surface area contributed by atoms with Crippen LogP contribution in [0.1, 0.15) is 18.9 Å². The molecule has 2 rings (SSSR count). The van der Waals surface area contributed by atoms with Crippen molar-refractivity contribution in [2.45, 2.75) is 19.4 Å². The SMILES string of the molecule is CC1CCSCCN1c1cccc(F)c1C#N. The zero-order chi connectivity index (χ0) is 12.3. The van der Waals surface area contributed by atoms with Crippen molar-refractivity contribution in [2.24, 2.45) is 0 Å². The molecule has 0 aliphatic carbocycles. The highest BCUT2D eigenvalue weighted by molar-refractivity contribution is 7.99. The van der Waals surface area contributed by atoms with Crippen LogP contribution in [0.2, 0.25) is 0 Å². The van der Waals surface area contributed by atoms with Crippen molar-refractivity contribution >= 4 is 17.4 Å². The normalized spacial score (nSPS) is 20.8. The van der Waals surface area contributed by atoms with Crippen LogP contribution in [0.4, 0.5) is 10.1 Å². The highest BCUT2D eigenvalue weighted by Crippen LogP contribution is 2.27. The molecule has 0 spiro atoms. The van der Waals surface area contributed by atoms with Crippen LogP contribution >= 0.6 is 11.8 Å². The summed E-state index contributed by atoms with van der Waals surface area (Å²) in [5, 5.41) is 9.06. The maximum atomic E-state index is 13.6. The van der Waals surface area contributed by atoms with Crippen molar-refractivity contribution in [2.75, 3.05) is 23.0 Å². The number of hydrogen-bond donors (Lipinski definition) is 0. The lowest BCUT2D eigenvalue weighted by Gasteiger charge is -2.29. The largest absolute Gasteiger partial charge is 0.367 e. The Hall–Kier alpha value is -1.21. The minimum absolute atomic E-state index is 0.172. The van der Waals surface area contributed by atoms with E-state index in [1.165, 1.54) is 6.07 Å². The Morgan fingerprint density at radius 1 is 1.47 bits per heavy atom. The fourth-order valence-electron chi connectivity index (χ4n) is 2.12. The summed E-state index contributed by atoms with van der Waals surface area (Å²) in [6.45, 7) is 3.02. The molecule has 0 bridgehead atoms. The lowest BCUT2D eigenvalue weighted by molar-refractivity contribution is 0.613. The van der Waals surface area contributed by atoms with Gasteiger partial charge in [-0.2, -0.15) is 17.0 Å². The number of nitriles is 1. The summed E-state index contributed by atoms with van der Waals surface area (Å²) in [7, 11) is 0. The molecule has 0 amide bonds. The second kappa shape index (κ2) is 5.42. The Morgan fingerprint density at radius 3 is 3.06 bits per heavy atom. The Kier molecular flexibility index (Phi) is 3.90. The molecule has 2 nitrogen and oxygen atoms in total. The van der Waals surface area contributed by atoms with Crippen molar-refractivity contribution in [3.05, 3.63) is 29.6 Å². The van der Waals surface area contributed by atoms with Crippen molar-refractivity contribution in [1.29, 1.82) is 5.26 Å². The summed E-state index contributed by atoms with van der Waals surface area (Å²) in [6, 6.07) is 7.20. The average molecular weight is 250 g/mol. The summed E-state index contributed by atoms with van der Waals surface area (Å²) in [5.74, 6) is 1.75. The van der Waals surface area contributed by atoms with E-state index in [-0.39, 0.29) is 5.56 Å². The summed E-state index contributed by atoms with van der Waals surface area (Å²) in [6.07, 6.45) is 1.08. The van der Waals surface area contributed by atoms with Gasteiger partial charge in [0.15, 0.2) is 0 Å². The van der Waals surface area contributed by atoms with E-state index in [2.05, 4.69) is 11.8 Å². The highest BCUT2D eigenvalue weighted by Gasteiger charge is 2.21. The summed E-state index contributed by atoms with van der Waals surface area (Å²) in [4.78, 5) is 2.15. The molecule has 1 aliphatic heterocycles. The Labute approximate surface area is 105 Å². The number of halogens is 1. The number of nitrogens with zero attached hydrogens (tertiary/aromatic N) is 2. The molecular formula is C13H15FN2S. The van der Waals surface area contributed by atoms with Crippen LogP contribution < -0.4 is 4.90 Å². The third-order valence-electron chi connectivity index (χ3n) is 3.10. The quantitative estimate of drug-likeness (QED) is 0.766. The Bertz CT molecular complexity index is 442.